The zero-order valence-corrected chi connectivity index (χ0v) is 23.7. The van der Waals surface area contributed by atoms with Gasteiger partial charge < -0.3 is 35.2 Å². The highest BCUT2D eigenvalue weighted by Gasteiger charge is 2.45. The Kier molecular flexibility index (Phi) is 8.42. The molecule has 1 aliphatic heterocycles. The monoisotopic (exact) mass is 589 g/mol. The Morgan fingerprint density at radius 1 is 1.27 bits per heavy atom. The van der Waals surface area contributed by atoms with Crippen molar-refractivity contribution < 1.29 is 34.4 Å². The number of aliphatic hydroxyl groups is 3. The summed E-state index contributed by atoms with van der Waals surface area (Å²) >= 11 is 0. The summed E-state index contributed by atoms with van der Waals surface area (Å²) in [5.41, 5.74) is 2.39. The SMILES string of the molecule is C/C=S(\C[C@H]1O[C@@H](n2ncc3c(N[C@@H]4CCc5ccccc54)nc(C#C[C@@H](C)O)nc32)[C@H](O)[C@@H]1O)CP(=O)(O)O. The molecule has 2 aliphatic rings. The van der Waals surface area contributed by atoms with Crippen LogP contribution in [-0.2, 0) is 15.7 Å². The van der Waals surface area contributed by atoms with Crippen LogP contribution in [0.1, 0.15) is 49.5 Å². The highest BCUT2D eigenvalue weighted by Crippen LogP contribution is 2.43. The predicted molar refractivity (Wildman–Crippen MR) is 152 cm³/mol. The number of benzene rings is 1. The molecule has 12 nitrogen and oxygen atoms in total. The van der Waals surface area contributed by atoms with E-state index < -0.39 is 48.7 Å². The fourth-order valence-electron chi connectivity index (χ4n) is 5.04. The molecule has 1 unspecified atom stereocenters. The molecule has 1 aromatic carbocycles. The summed E-state index contributed by atoms with van der Waals surface area (Å²) in [6.45, 7) is 3.22. The van der Waals surface area contributed by atoms with Crippen LogP contribution < -0.4 is 5.32 Å². The number of fused-ring (bicyclic) bond motifs is 2. The van der Waals surface area contributed by atoms with E-state index in [1.807, 2.05) is 12.1 Å². The molecule has 6 N–H and O–H groups in total. The number of aromatic nitrogens is 4. The second-order valence-corrected chi connectivity index (χ2v) is 14.1. The lowest BCUT2D eigenvalue weighted by Gasteiger charge is -2.18. The smallest absolute Gasteiger partial charge is 0.334 e. The molecule has 1 fully saturated rings. The van der Waals surface area contributed by atoms with Crippen LogP contribution in [0.4, 0.5) is 5.82 Å². The standard InChI is InChI=1S/C26H32N5O7PS/c1-3-40(14-39(35,36)37)13-20-22(33)23(34)26(38-20)31-25-18(12-27-31)24(29-21(30-25)11-8-15(2)32)28-19-10-9-16-6-4-5-7-17(16)19/h3-7,12,15,19-20,22-23,26,32-34H,9-10,13-14H2,1-2H3,(H,28,29,30)(H2,35,36,37)/t15-,19-,20-,22-,23-,26-,40?/m1/s1. The lowest BCUT2D eigenvalue weighted by molar-refractivity contribution is -0.0362. The molecule has 3 aromatic rings. The minimum Gasteiger partial charge on any atom is -0.387 e. The van der Waals surface area contributed by atoms with E-state index in [0.29, 0.717) is 16.9 Å². The Labute approximate surface area is 233 Å². The maximum Gasteiger partial charge on any atom is 0.334 e. The molecule has 1 aliphatic carbocycles. The van der Waals surface area contributed by atoms with Gasteiger partial charge in [-0.3, -0.25) is 4.57 Å². The summed E-state index contributed by atoms with van der Waals surface area (Å²) in [6, 6.07) is 8.20. The first kappa shape index (κ1) is 28.9. The van der Waals surface area contributed by atoms with Crippen LogP contribution in [0.15, 0.2) is 30.5 Å². The fraction of sp³-hybridized carbons (Fsp3) is 0.462. The van der Waals surface area contributed by atoms with Gasteiger partial charge >= 0.3 is 7.60 Å². The number of aliphatic hydroxyl groups excluding tert-OH is 3. The highest BCUT2D eigenvalue weighted by atomic mass is 32.2. The van der Waals surface area contributed by atoms with Crippen LogP contribution in [0, 0.1) is 11.8 Å². The van der Waals surface area contributed by atoms with E-state index in [2.05, 4.69) is 44.4 Å². The zero-order valence-electron chi connectivity index (χ0n) is 22.0. The van der Waals surface area contributed by atoms with E-state index in [9.17, 15) is 29.7 Å². The fourth-order valence-corrected chi connectivity index (χ4v) is 8.67. The lowest BCUT2D eigenvalue weighted by Crippen LogP contribution is -2.33. The van der Waals surface area contributed by atoms with Gasteiger partial charge in [-0.2, -0.15) is 15.6 Å². The number of hydrogen-bond acceptors (Lipinski definition) is 9. The second-order valence-electron chi connectivity index (χ2n) is 9.88. The van der Waals surface area contributed by atoms with Crippen LogP contribution >= 0.6 is 18.1 Å². The minimum atomic E-state index is -4.28. The third-order valence-corrected chi connectivity index (χ3v) is 11.0. The number of aryl methyl sites for hydroxylation is 1. The largest absolute Gasteiger partial charge is 0.387 e. The van der Waals surface area contributed by atoms with Crippen molar-refractivity contribution in [1.29, 1.82) is 0 Å². The third kappa shape index (κ3) is 6.15. The van der Waals surface area contributed by atoms with Gasteiger partial charge in [-0.05, 0) is 43.7 Å². The topological polar surface area (TPSA) is 183 Å². The maximum absolute atomic E-state index is 11.5. The first-order chi connectivity index (χ1) is 19.0. The van der Waals surface area contributed by atoms with E-state index in [1.165, 1.54) is 22.7 Å². The van der Waals surface area contributed by atoms with Gasteiger partial charge in [-0.15, -0.1) is 0 Å². The van der Waals surface area contributed by atoms with Crippen LogP contribution in [0.25, 0.3) is 11.0 Å². The molecule has 2 aromatic heterocycles. The van der Waals surface area contributed by atoms with Gasteiger partial charge in [-0.25, -0.2) is 14.6 Å². The van der Waals surface area contributed by atoms with E-state index in [0.717, 1.165) is 12.8 Å². The Hall–Kier alpha value is -2.66. The van der Waals surface area contributed by atoms with E-state index in [4.69, 9.17) is 4.74 Å². The van der Waals surface area contributed by atoms with Crippen LogP contribution in [-0.4, -0.2) is 85.9 Å². The van der Waals surface area contributed by atoms with Gasteiger partial charge in [0.2, 0.25) is 5.82 Å². The summed E-state index contributed by atoms with van der Waals surface area (Å²) < 4.78 is 18.9. The quantitative estimate of drug-likeness (QED) is 0.133. The van der Waals surface area contributed by atoms with Gasteiger partial charge in [0.1, 0.15) is 24.1 Å². The van der Waals surface area contributed by atoms with Crippen molar-refractivity contribution in [2.45, 2.75) is 63.4 Å². The van der Waals surface area contributed by atoms with Gasteiger partial charge in [0.05, 0.1) is 29.2 Å². The zero-order chi connectivity index (χ0) is 28.6. The van der Waals surface area contributed by atoms with Crippen molar-refractivity contribution in [3.8, 4) is 11.8 Å². The normalized spacial score (nSPS) is 25.9. The molecule has 0 saturated carbocycles. The number of ether oxygens (including phenoxy) is 1. The van der Waals surface area contributed by atoms with Gasteiger partial charge in [0, 0.05) is 5.75 Å². The van der Waals surface area contributed by atoms with Crippen LogP contribution in [0.2, 0.25) is 0 Å². The number of hydrogen-bond donors (Lipinski definition) is 6. The van der Waals surface area contributed by atoms with Crippen LogP contribution in [0.3, 0.4) is 0 Å². The Morgan fingerprint density at radius 2 is 2.05 bits per heavy atom. The number of nitrogens with zero attached hydrogens (tertiary/aromatic N) is 4. The molecule has 0 amide bonds. The molecule has 0 bridgehead atoms. The summed E-state index contributed by atoms with van der Waals surface area (Å²) in [5.74, 6) is 6.18. The molecular weight excluding hydrogens is 557 g/mol. The van der Waals surface area contributed by atoms with Crippen molar-refractivity contribution in [3.05, 3.63) is 47.4 Å². The molecule has 40 heavy (non-hydrogen) atoms. The molecule has 7 atom stereocenters. The summed E-state index contributed by atoms with van der Waals surface area (Å²) in [7, 11) is -5.12. The summed E-state index contributed by atoms with van der Waals surface area (Å²) in [5, 5.41) is 41.5. The highest BCUT2D eigenvalue weighted by molar-refractivity contribution is 8.18. The summed E-state index contributed by atoms with van der Waals surface area (Å²) in [4.78, 5) is 27.9. The van der Waals surface area contributed by atoms with E-state index in [-0.39, 0.29) is 23.1 Å². The number of rotatable bonds is 7. The average molecular weight is 590 g/mol. The third-order valence-electron chi connectivity index (χ3n) is 6.91. The van der Waals surface area contributed by atoms with Crippen molar-refractivity contribution in [3.63, 3.8) is 0 Å². The molecule has 5 rings (SSSR count). The minimum absolute atomic E-state index is 0.00647. The van der Waals surface area contributed by atoms with Crippen molar-refractivity contribution in [2.75, 3.05) is 16.6 Å². The van der Waals surface area contributed by atoms with Crippen LogP contribution in [0.5, 0.6) is 0 Å². The first-order valence-electron chi connectivity index (χ1n) is 12.8. The molecular formula is C26H32N5O7PS. The Bertz CT molecular complexity index is 1550. The predicted octanol–water partition coefficient (Wildman–Crippen LogP) is 1.50. The summed E-state index contributed by atoms with van der Waals surface area (Å²) in [6.07, 6.45) is -2.20. The molecule has 14 heteroatoms. The number of anilines is 1. The average Bonchev–Trinajstić information content (AvgIpc) is 3.59. The molecule has 1 saturated heterocycles. The Balaban J connectivity index is 1.49. The van der Waals surface area contributed by atoms with Gasteiger partial charge in [-0.1, -0.05) is 35.6 Å². The van der Waals surface area contributed by atoms with E-state index in [1.54, 1.807) is 18.5 Å². The second kappa shape index (κ2) is 11.7. The lowest BCUT2D eigenvalue weighted by atomic mass is 10.1. The number of nitrogens with one attached hydrogen (secondary N) is 1. The molecule has 0 radical (unpaired) electrons. The molecule has 0 spiro atoms. The Morgan fingerprint density at radius 3 is 2.77 bits per heavy atom. The van der Waals surface area contributed by atoms with Crippen molar-refractivity contribution >= 4 is 40.3 Å². The first-order valence-corrected chi connectivity index (χ1v) is 16.3. The van der Waals surface area contributed by atoms with Gasteiger partial charge in [0.25, 0.3) is 0 Å². The maximum atomic E-state index is 11.5. The van der Waals surface area contributed by atoms with Crippen molar-refractivity contribution in [2.24, 2.45) is 0 Å². The van der Waals surface area contributed by atoms with Gasteiger partial charge in [0.15, 0.2) is 11.9 Å². The van der Waals surface area contributed by atoms with Crippen molar-refractivity contribution in [1.82, 2.24) is 19.7 Å². The molecule has 3 heterocycles. The van der Waals surface area contributed by atoms with E-state index >= 15 is 0 Å². The molecule has 214 valence electrons.